The van der Waals surface area contributed by atoms with Gasteiger partial charge in [-0.05, 0) is 17.5 Å². The maximum atomic E-state index is 11.5. The molecule has 0 amide bonds. The Balaban J connectivity index is 2.41. The minimum Gasteiger partial charge on any atom is -0.300 e. The Labute approximate surface area is 117 Å². The molecule has 2 aromatic rings. The van der Waals surface area contributed by atoms with Gasteiger partial charge in [0, 0.05) is 25.4 Å². The molecule has 0 aliphatic heterocycles. The number of nitrogens with zero attached hydrogens (tertiary/aromatic N) is 4. The van der Waals surface area contributed by atoms with Crippen molar-refractivity contribution in [2.75, 3.05) is 0 Å². The van der Waals surface area contributed by atoms with Crippen molar-refractivity contribution >= 4 is 10.0 Å². The van der Waals surface area contributed by atoms with Crippen LogP contribution in [0.2, 0.25) is 0 Å². The van der Waals surface area contributed by atoms with Gasteiger partial charge < -0.3 is 4.57 Å². The van der Waals surface area contributed by atoms with Crippen LogP contribution in [0.5, 0.6) is 0 Å². The molecule has 0 atom stereocenters. The van der Waals surface area contributed by atoms with Gasteiger partial charge >= 0.3 is 0 Å². The van der Waals surface area contributed by atoms with Gasteiger partial charge in [-0.15, -0.1) is 10.2 Å². The van der Waals surface area contributed by atoms with Crippen molar-refractivity contribution < 1.29 is 8.42 Å². The highest BCUT2D eigenvalue weighted by molar-refractivity contribution is 7.89. The standard InChI is InChI=1S/C12H17N5O2S/c1-9(2)8-17-11(6-10-4-3-5-14-7-10)15-16-12(17)20(13,18)19/h3-5,7,9H,6,8H2,1-2H3,(H2,13,18,19). The predicted molar refractivity (Wildman–Crippen MR) is 73.3 cm³/mol. The van der Waals surface area contributed by atoms with Gasteiger partial charge in [-0.1, -0.05) is 19.9 Å². The summed E-state index contributed by atoms with van der Waals surface area (Å²) >= 11 is 0. The third-order valence-electron chi connectivity index (χ3n) is 2.68. The summed E-state index contributed by atoms with van der Waals surface area (Å²) in [6.45, 7) is 4.47. The number of primary sulfonamides is 1. The molecule has 0 saturated carbocycles. The molecule has 2 aromatic heterocycles. The van der Waals surface area contributed by atoms with E-state index in [0.717, 1.165) is 5.56 Å². The lowest BCUT2D eigenvalue weighted by Crippen LogP contribution is -2.21. The molecule has 0 spiro atoms. The zero-order chi connectivity index (χ0) is 14.8. The second kappa shape index (κ2) is 5.68. The van der Waals surface area contributed by atoms with Crippen molar-refractivity contribution in [1.29, 1.82) is 0 Å². The van der Waals surface area contributed by atoms with Crippen LogP contribution in [0.3, 0.4) is 0 Å². The summed E-state index contributed by atoms with van der Waals surface area (Å²) in [4.78, 5) is 4.03. The molecular formula is C12H17N5O2S. The van der Waals surface area contributed by atoms with Crippen LogP contribution in [-0.4, -0.2) is 28.2 Å². The first kappa shape index (κ1) is 14.6. The van der Waals surface area contributed by atoms with E-state index in [1.165, 1.54) is 0 Å². The lowest BCUT2D eigenvalue weighted by atomic mass is 10.2. The van der Waals surface area contributed by atoms with Gasteiger partial charge in [0.2, 0.25) is 0 Å². The van der Waals surface area contributed by atoms with Crippen molar-refractivity contribution in [1.82, 2.24) is 19.7 Å². The molecular weight excluding hydrogens is 278 g/mol. The van der Waals surface area contributed by atoms with Crippen molar-refractivity contribution in [3.8, 4) is 0 Å². The van der Waals surface area contributed by atoms with Crippen LogP contribution < -0.4 is 5.14 Å². The number of sulfonamides is 1. The minimum atomic E-state index is -3.88. The van der Waals surface area contributed by atoms with Crippen LogP contribution in [0, 0.1) is 5.92 Å². The van der Waals surface area contributed by atoms with Gasteiger partial charge in [0.05, 0.1) is 0 Å². The van der Waals surface area contributed by atoms with Gasteiger partial charge in [0.1, 0.15) is 5.82 Å². The first-order chi connectivity index (χ1) is 9.38. The van der Waals surface area contributed by atoms with E-state index >= 15 is 0 Å². The minimum absolute atomic E-state index is 0.190. The summed E-state index contributed by atoms with van der Waals surface area (Å²) in [5.74, 6) is 0.815. The average Bonchev–Trinajstić information content (AvgIpc) is 2.72. The first-order valence-electron chi connectivity index (χ1n) is 6.21. The van der Waals surface area contributed by atoms with E-state index in [2.05, 4.69) is 15.2 Å². The lowest BCUT2D eigenvalue weighted by molar-refractivity contribution is 0.472. The van der Waals surface area contributed by atoms with Gasteiger partial charge in [-0.3, -0.25) is 4.98 Å². The van der Waals surface area contributed by atoms with E-state index in [0.29, 0.717) is 18.8 Å². The number of aromatic nitrogens is 4. The van der Waals surface area contributed by atoms with E-state index in [4.69, 9.17) is 5.14 Å². The maximum absolute atomic E-state index is 11.5. The second-order valence-corrected chi connectivity index (χ2v) is 6.44. The summed E-state index contributed by atoms with van der Waals surface area (Å²) in [5.41, 5.74) is 0.936. The third-order valence-corrected chi connectivity index (χ3v) is 3.49. The van der Waals surface area contributed by atoms with Gasteiger partial charge in [0.15, 0.2) is 0 Å². The topological polar surface area (TPSA) is 104 Å². The molecule has 0 saturated heterocycles. The fraction of sp³-hybridized carbons (Fsp3) is 0.417. The number of pyridine rings is 1. The zero-order valence-corrected chi connectivity index (χ0v) is 12.2. The Bertz CT molecular complexity index is 679. The molecule has 0 unspecified atom stereocenters. The van der Waals surface area contributed by atoms with E-state index in [1.807, 2.05) is 26.0 Å². The number of nitrogens with two attached hydrogens (primary N) is 1. The monoisotopic (exact) mass is 295 g/mol. The third kappa shape index (κ3) is 3.40. The van der Waals surface area contributed by atoms with Crippen LogP contribution >= 0.6 is 0 Å². The van der Waals surface area contributed by atoms with Crippen LogP contribution in [0.15, 0.2) is 29.7 Å². The Kier molecular flexibility index (Phi) is 4.15. The van der Waals surface area contributed by atoms with Crippen LogP contribution in [0.1, 0.15) is 25.2 Å². The molecule has 7 nitrogen and oxygen atoms in total. The van der Waals surface area contributed by atoms with Crippen molar-refractivity contribution in [2.45, 2.75) is 32.0 Å². The molecule has 0 fully saturated rings. The predicted octanol–water partition coefficient (Wildman–Crippen LogP) is 0.567. The molecule has 2 N–H and O–H groups in total. The Morgan fingerprint density at radius 2 is 2.10 bits per heavy atom. The van der Waals surface area contributed by atoms with E-state index in [-0.39, 0.29) is 11.1 Å². The van der Waals surface area contributed by atoms with Gasteiger partial charge in [0.25, 0.3) is 15.2 Å². The SMILES string of the molecule is CC(C)Cn1c(Cc2cccnc2)nnc1S(N)(=O)=O. The highest BCUT2D eigenvalue weighted by atomic mass is 32.2. The average molecular weight is 295 g/mol. The maximum Gasteiger partial charge on any atom is 0.273 e. The Morgan fingerprint density at radius 1 is 1.35 bits per heavy atom. The molecule has 0 aromatic carbocycles. The highest BCUT2D eigenvalue weighted by Crippen LogP contribution is 2.14. The van der Waals surface area contributed by atoms with Gasteiger partial charge in [-0.25, -0.2) is 13.6 Å². The summed E-state index contributed by atoms with van der Waals surface area (Å²) in [6, 6.07) is 3.72. The highest BCUT2D eigenvalue weighted by Gasteiger charge is 2.21. The summed E-state index contributed by atoms with van der Waals surface area (Å²) in [5, 5.41) is 12.7. The molecule has 2 rings (SSSR count). The molecule has 0 aliphatic carbocycles. The molecule has 8 heteroatoms. The number of rotatable bonds is 5. The fourth-order valence-corrected chi connectivity index (χ4v) is 2.54. The van der Waals surface area contributed by atoms with Crippen LogP contribution in [0.25, 0.3) is 0 Å². The molecule has 0 bridgehead atoms. The quantitative estimate of drug-likeness (QED) is 0.868. The van der Waals surface area contributed by atoms with Crippen molar-refractivity contribution in [3.05, 3.63) is 35.9 Å². The summed E-state index contributed by atoms with van der Waals surface area (Å²) in [6.07, 6.45) is 3.85. The molecule has 0 aliphatic rings. The smallest absolute Gasteiger partial charge is 0.273 e. The molecule has 0 radical (unpaired) electrons. The number of hydrogen-bond donors (Lipinski definition) is 1. The number of hydrogen-bond acceptors (Lipinski definition) is 5. The van der Waals surface area contributed by atoms with Crippen LogP contribution in [0.4, 0.5) is 0 Å². The first-order valence-corrected chi connectivity index (χ1v) is 7.76. The molecule has 2 heterocycles. The zero-order valence-electron chi connectivity index (χ0n) is 11.4. The van der Waals surface area contributed by atoms with Crippen molar-refractivity contribution in [2.24, 2.45) is 11.1 Å². The summed E-state index contributed by atoms with van der Waals surface area (Å²) < 4.78 is 24.6. The van der Waals surface area contributed by atoms with E-state index < -0.39 is 10.0 Å². The van der Waals surface area contributed by atoms with Crippen LogP contribution in [-0.2, 0) is 23.0 Å². The van der Waals surface area contributed by atoms with E-state index in [1.54, 1.807) is 17.0 Å². The normalized spacial score (nSPS) is 12.0. The largest absolute Gasteiger partial charge is 0.300 e. The lowest BCUT2D eigenvalue weighted by Gasteiger charge is -2.11. The molecule has 108 valence electrons. The molecule has 20 heavy (non-hydrogen) atoms. The van der Waals surface area contributed by atoms with E-state index in [9.17, 15) is 8.42 Å². The van der Waals surface area contributed by atoms with Gasteiger partial charge in [-0.2, -0.15) is 0 Å². The summed E-state index contributed by atoms with van der Waals surface area (Å²) in [7, 11) is -3.88. The Morgan fingerprint density at radius 3 is 2.65 bits per heavy atom. The second-order valence-electron chi connectivity index (χ2n) is 4.99. The Hall–Kier alpha value is -1.80. The van der Waals surface area contributed by atoms with Crippen molar-refractivity contribution in [3.63, 3.8) is 0 Å². The fourth-order valence-electron chi connectivity index (χ4n) is 1.89.